The lowest BCUT2D eigenvalue weighted by Gasteiger charge is -2.29. The second-order valence-corrected chi connectivity index (χ2v) is 6.33. The Morgan fingerprint density at radius 3 is 2.62 bits per heavy atom. The molecule has 0 aromatic heterocycles. The summed E-state index contributed by atoms with van der Waals surface area (Å²) in [6.07, 6.45) is -0.0510. The number of hydrogen-bond donors (Lipinski definition) is 1. The number of nitrogens with zero attached hydrogens (tertiary/aromatic N) is 1. The van der Waals surface area contributed by atoms with Crippen LogP contribution in [0.5, 0.6) is 5.75 Å². The second kappa shape index (κ2) is 8.61. The van der Waals surface area contributed by atoms with E-state index < -0.39 is 6.10 Å². The number of hydrogen-bond acceptors (Lipinski definition) is 3. The molecule has 1 atom stereocenters. The molecule has 21 heavy (non-hydrogen) atoms. The molecule has 0 heterocycles. The second-order valence-electron chi connectivity index (χ2n) is 5.04. The molecule has 1 unspecified atom stereocenters. The summed E-state index contributed by atoms with van der Waals surface area (Å²) in [7, 11) is 0. The minimum Gasteiger partial charge on any atom is -0.480 e. The lowest BCUT2D eigenvalue weighted by atomic mass is 10.2. The van der Waals surface area contributed by atoms with Gasteiger partial charge in [-0.1, -0.05) is 11.6 Å². The van der Waals surface area contributed by atoms with E-state index in [9.17, 15) is 4.79 Å². The van der Waals surface area contributed by atoms with Crippen LogP contribution in [0, 0.1) is 0 Å². The maximum absolute atomic E-state index is 12.5. The SMILES string of the molecule is CC(Oc1ccc(Cl)cc1Br)C(=O)N(CCCO)C(C)C. The summed E-state index contributed by atoms with van der Waals surface area (Å²) in [4.78, 5) is 14.2. The van der Waals surface area contributed by atoms with Crippen LogP contribution in [0.25, 0.3) is 0 Å². The summed E-state index contributed by atoms with van der Waals surface area (Å²) in [6, 6.07) is 5.22. The van der Waals surface area contributed by atoms with Gasteiger partial charge in [-0.3, -0.25) is 4.79 Å². The Balaban J connectivity index is 2.76. The summed E-state index contributed by atoms with van der Waals surface area (Å²) in [5.74, 6) is 0.478. The van der Waals surface area contributed by atoms with Gasteiger partial charge in [-0.25, -0.2) is 0 Å². The van der Waals surface area contributed by atoms with Crippen molar-refractivity contribution in [3.05, 3.63) is 27.7 Å². The Hall–Kier alpha value is -0.780. The molecule has 0 bridgehead atoms. The van der Waals surface area contributed by atoms with Crippen molar-refractivity contribution < 1.29 is 14.6 Å². The van der Waals surface area contributed by atoms with E-state index in [1.807, 2.05) is 13.8 Å². The summed E-state index contributed by atoms with van der Waals surface area (Å²) < 4.78 is 6.42. The van der Waals surface area contributed by atoms with Gasteiger partial charge in [0.25, 0.3) is 5.91 Å². The number of carbonyl (C=O) groups is 1. The predicted molar refractivity (Wildman–Crippen MR) is 87.8 cm³/mol. The first-order chi connectivity index (χ1) is 9.86. The van der Waals surface area contributed by atoms with Crippen molar-refractivity contribution in [1.29, 1.82) is 0 Å². The molecule has 0 saturated carbocycles. The van der Waals surface area contributed by atoms with Crippen LogP contribution in [0.3, 0.4) is 0 Å². The van der Waals surface area contributed by atoms with Crippen molar-refractivity contribution in [3.8, 4) is 5.75 Å². The lowest BCUT2D eigenvalue weighted by Crippen LogP contribution is -2.45. The fraction of sp³-hybridized carbons (Fsp3) is 0.533. The minimum atomic E-state index is -0.608. The van der Waals surface area contributed by atoms with Crippen LogP contribution in [0.4, 0.5) is 0 Å². The predicted octanol–water partition coefficient (Wildman–Crippen LogP) is 3.49. The van der Waals surface area contributed by atoms with Crippen LogP contribution < -0.4 is 4.74 Å². The van der Waals surface area contributed by atoms with Crippen LogP contribution in [0.1, 0.15) is 27.2 Å². The molecule has 118 valence electrons. The fourth-order valence-electron chi connectivity index (χ4n) is 1.91. The number of benzene rings is 1. The number of aliphatic hydroxyl groups excluding tert-OH is 1. The van der Waals surface area contributed by atoms with Gasteiger partial charge in [0.2, 0.25) is 0 Å². The van der Waals surface area contributed by atoms with E-state index in [4.69, 9.17) is 21.4 Å². The zero-order valence-electron chi connectivity index (χ0n) is 12.5. The van der Waals surface area contributed by atoms with Crippen molar-refractivity contribution in [2.75, 3.05) is 13.2 Å². The molecule has 1 rings (SSSR count). The topological polar surface area (TPSA) is 49.8 Å². The Bertz CT molecular complexity index is 482. The van der Waals surface area contributed by atoms with Gasteiger partial charge in [-0.05, 0) is 61.3 Å². The van der Waals surface area contributed by atoms with Crippen molar-refractivity contribution in [3.63, 3.8) is 0 Å². The van der Waals surface area contributed by atoms with E-state index in [0.717, 1.165) is 0 Å². The van der Waals surface area contributed by atoms with E-state index in [-0.39, 0.29) is 18.6 Å². The summed E-state index contributed by atoms with van der Waals surface area (Å²) >= 11 is 9.25. The number of amides is 1. The molecule has 6 heteroatoms. The van der Waals surface area contributed by atoms with Crippen molar-refractivity contribution in [2.24, 2.45) is 0 Å². The molecule has 0 saturated heterocycles. The number of carbonyl (C=O) groups excluding carboxylic acids is 1. The van der Waals surface area contributed by atoms with Crippen molar-refractivity contribution in [2.45, 2.75) is 39.3 Å². The van der Waals surface area contributed by atoms with E-state index in [2.05, 4.69) is 15.9 Å². The first-order valence-corrected chi connectivity index (χ1v) is 8.07. The highest BCUT2D eigenvalue weighted by molar-refractivity contribution is 9.10. The van der Waals surface area contributed by atoms with Crippen LogP contribution in [0.2, 0.25) is 5.02 Å². The summed E-state index contributed by atoms with van der Waals surface area (Å²) in [5.41, 5.74) is 0. The Morgan fingerprint density at radius 1 is 1.43 bits per heavy atom. The van der Waals surface area contributed by atoms with E-state index in [1.165, 1.54) is 0 Å². The maximum atomic E-state index is 12.5. The maximum Gasteiger partial charge on any atom is 0.263 e. The first-order valence-electron chi connectivity index (χ1n) is 6.89. The van der Waals surface area contributed by atoms with Crippen LogP contribution >= 0.6 is 27.5 Å². The summed E-state index contributed by atoms with van der Waals surface area (Å²) in [5, 5.41) is 9.52. The van der Waals surface area contributed by atoms with E-state index in [0.29, 0.717) is 28.2 Å². The molecule has 0 aliphatic heterocycles. The minimum absolute atomic E-state index is 0.0590. The van der Waals surface area contributed by atoms with Gasteiger partial charge < -0.3 is 14.7 Å². The standard InChI is InChI=1S/C15H21BrClNO3/c1-10(2)18(7-4-8-19)15(20)11(3)21-14-6-5-12(17)9-13(14)16/h5-6,9-11,19H,4,7-8H2,1-3H3. The molecule has 1 aromatic rings. The summed E-state index contributed by atoms with van der Waals surface area (Å²) in [6.45, 7) is 6.19. The van der Waals surface area contributed by atoms with E-state index in [1.54, 1.807) is 30.0 Å². The Morgan fingerprint density at radius 2 is 2.10 bits per heavy atom. The van der Waals surface area contributed by atoms with Gasteiger partial charge in [0.1, 0.15) is 5.75 Å². The van der Waals surface area contributed by atoms with Crippen LogP contribution in [-0.2, 0) is 4.79 Å². The highest BCUT2D eigenvalue weighted by atomic mass is 79.9. The zero-order valence-corrected chi connectivity index (χ0v) is 14.8. The smallest absolute Gasteiger partial charge is 0.263 e. The molecule has 0 fully saturated rings. The molecule has 0 aliphatic carbocycles. The van der Waals surface area contributed by atoms with Crippen molar-refractivity contribution >= 4 is 33.4 Å². The highest BCUT2D eigenvalue weighted by Gasteiger charge is 2.24. The fourth-order valence-corrected chi connectivity index (χ4v) is 2.69. The van der Waals surface area contributed by atoms with Gasteiger partial charge in [-0.2, -0.15) is 0 Å². The van der Waals surface area contributed by atoms with Gasteiger partial charge in [0.05, 0.1) is 4.47 Å². The molecule has 1 aromatic carbocycles. The largest absolute Gasteiger partial charge is 0.480 e. The van der Waals surface area contributed by atoms with Gasteiger partial charge in [0, 0.05) is 24.2 Å². The third kappa shape index (κ3) is 5.49. The highest BCUT2D eigenvalue weighted by Crippen LogP contribution is 2.29. The average molecular weight is 379 g/mol. The molecular formula is C15H21BrClNO3. The number of ether oxygens (including phenoxy) is 1. The van der Waals surface area contributed by atoms with Crippen LogP contribution in [0.15, 0.2) is 22.7 Å². The number of rotatable bonds is 7. The van der Waals surface area contributed by atoms with E-state index >= 15 is 0 Å². The molecule has 0 radical (unpaired) electrons. The Kier molecular flexibility index (Phi) is 7.49. The molecule has 1 N–H and O–H groups in total. The molecule has 0 aliphatic rings. The normalized spacial score (nSPS) is 12.3. The van der Waals surface area contributed by atoms with Gasteiger partial charge in [0.15, 0.2) is 6.10 Å². The first kappa shape index (κ1) is 18.3. The quantitative estimate of drug-likeness (QED) is 0.790. The third-order valence-corrected chi connectivity index (χ3v) is 3.86. The van der Waals surface area contributed by atoms with Crippen molar-refractivity contribution in [1.82, 2.24) is 4.90 Å². The molecule has 1 amide bonds. The average Bonchev–Trinajstić information content (AvgIpc) is 2.41. The Labute approximate surface area is 139 Å². The van der Waals surface area contributed by atoms with Gasteiger partial charge >= 0.3 is 0 Å². The monoisotopic (exact) mass is 377 g/mol. The molecular weight excluding hydrogens is 358 g/mol. The lowest BCUT2D eigenvalue weighted by molar-refractivity contribution is -0.139. The molecule has 0 spiro atoms. The number of aliphatic hydroxyl groups is 1. The number of halogens is 2. The third-order valence-electron chi connectivity index (χ3n) is 3.01. The molecule has 4 nitrogen and oxygen atoms in total. The van der Waals surface area contributed by atoms with Crippen LogP contribution in [-0.4, -0.2) is 41.2 Å². The van der Waals surface area contributed by atoms with Gasteiger partial charge in [-0.15, -0.1) is 0 Å². The zero-order chi connectivity index (χ0) is 16.0.